The molecule has 0 N–H and O–H groups in total. The van der Waals surface area contributed by atoms with Crippen LogP contribution < -0.4 is 0 Å². The third-order valence-corrected chi connectivity index (χ3v) is 5.73. The molecule has 3 heteroatoms. The van der Waals surface area contributed by atoms with Gasteiger partial charge in [0.2, 0.25) is 0 Å². The SMILES string of the molecule is CC/C=C(/O[C@@H](CC)Cc1ccccc1)C(=O)C(OCC(C)Cc1ccccc1)=C(C)CC. The van der Waals surface area contributed by atoms with Gasteiger partial charge in [-0.3, -0.25) is 4.79 Å². The minimum absolute atomic E-state index is 0.0608. The zero-order valence-corrected chi connectivity index (χ0v) is 21.0. The van der Waals surface area contributed by atoms with E-state index in [1.165, 1.54) is 11.1 Å². The Kier molecular flexibility index (Phi) is 11.5. The smallest absolute Gasteiger partial charge is 0.261 e. The fourth-order valence-corrected chi connectivity index (χ4v) is 3.66. The molecule has 178 valence electrons. The van der Waals surface area contributed by atoms with Gasteiger partial charge in [0.15, 0.2) is 11.5 Å². The number of benzene rings is 2. The summed E-state index contributed by atoms with van der Waals surface area (Å²) in [6, 6.07) is 20.7. The predicted octanol–water partition coefficient (Wildman–Crippen LogP) is 7.47. The highest BCUT2D eigenvalue weighted by molar-refractivity contribution is 6.05. The van der Waals surface area contributed by atoms with Gasteiger partial charge in [0.25, 0.3) is 5.78 Å². The molecule has 0 saturated heterocycles. The van der Waals surface area contributed by atoms with Crippen LogP contribution in [-0.2, 0) is 27.1 Å². The van der Waals surface area contributed by atoms with E-state index in [0.717, 1.165) is 37.7 Å². The Morgan fingerprint density at radius 3 is 2.00 bits per heavy atom. The van der Waals surface area contributed by atoms with Crippen LogP contribution in [0.15, 0.2) is 83.8 Å². The summed E-state index contributed by atoms with van der Waals surface area (Å²) in [7, 11) is 0. The first-order valence-corrected chi connectivity index (χ1v) is 12.3. The van der Waals surface area contributed by atoms with Crippen LogP contribution in [0.25, 0.3) is 0 Å². The minimum atomic E-state index is -0.144. The van der Waals surface area contributed by atoms with Crippen molar-refractivity contribution in [3.63, 3.8) is 0 Å². The molecular formula is C30H40O3. The van der Waals surface area contributed by atoms with Crippen molar-refractivity contribution in [1.29, 1.82) is 0 Å². The predicted molar refractivity (Wildman–Crippen MR) is 137 cm³/mol. The Bertz CT molecular complexity index is 897. The van der Waals surface area contributed by atoms with Crippen LogP contribution in [0.2, 0.25) is 0 Å². The van der Waals surface area contributed by atoms with Crippen LogP contribution in [0.5, 0.6) is 0 Å². The average Bonchev–Trinajstić information content (AvgIpc) is 2.84. The molecule has 2 rings (SSSR count). The second-order valence-corrected chi connectivity index (χ2v) is 8.71. The van der Waals surface area contributed by atoms with Crippen LogP contribution in [0.3, 0.4) is 0 Å². The Labute approximate surface area is 200 Å². The van der Waals surface area contributed by atoms with E-state index < -0.39 is 0 Å². The number of allylic oxidation sites excluding steroid dienone is 2. The zero-order valence-electron chi connectivity index (χ0n) is 21.0. The van der Waals surface area contributed by atoms with Crippen LogP contribution in [0, 0.1) is 5.92 Å². The second kappa shape index (κ2) is 14.4. The lowest BCUT2D eigenvalue weighted by Crippen LogP contribution is -2.22. The van der Waals surface area contributed by atoms with Crippen LogP contribution in [-0.4, -0.2) is 18.5 Å². The fraction of sp³-hybridized carbons (Fsp3) is 0.433. The summed E-state index contributed by atoms with van der Waals surface area (Å²) in [4.78, 5) is 13.5. The Hall–Kier alpha value is -2.81. The number of carbonyl (C=O) groups is 1. The Balaban J connectivity index is 2.11. The first-order chi connectivity index (χ1) is 16.0. The molecule has 0 aliphatic heterocycles. The highest BCUT2D eigenvalue weighted by atomic mass is 16.5. The third kappa shape index (κ3) is 8.92. The Morgan fingerprint density at radius 1 is 0.909 bits per heavy atom. The van der Waals surface area contributed by atoms with Crippen molar-refractivity contribution in [2.75, 3.05) is 6.61 Å². The van der Waals surface area contributed by atoms with Crippen molar-refractivity contribution in [1.82, 2.24) is 0 Å². The van der Waals surface area contributed by atoms with Gasteiger partial charge in [-0.2, -0.15) is 0 Å². The van der Waals surface area contributed by atoms with Gasteiger partial charge >= 0.3 is 0 Å². The normalized spacial score (nSPS) is 14.3. The average molecular weight is 449 g/mol. The molecule has 2 aromatic carbocycles. The molecule has 0 saturated carbocycles. The van der Waals surface area contributed by atoms with Gasteiger partial charge in [-0.1, -0.05) is 88.4 Å². The van der Waals surface area contributed by atoms with Crippen LogP contribution in [0.4, 0.5) is 0 Å². The molecule has 33 heavy (non-hydrogen) atoms. The van der Waals surface area contributed by atoms with E-state index in [9.17, 15) is 4.79 Å². The molecule has 0 spiro atoms. The molecule has 0 aromatic heterocycles. The molecule has 0 radical (unpaired) electrons. The van der Waals surface area contributed by atoms with Crippen molar-refractivity contribution in [2.45, 2.75) is 72.8 Å². The van der Waals surface area contributed by atoms with Gasteiger partial charge in [-0.25, -0.2) is 0 Å². The van der Waals surface area contributed by atoms with E-state index in [-0.39, 0.29) is 11.9 Å². The van der Waals surface area contributed by atoms with Gasteiger partial charge in [0.05, 0.1) is 6.61 Å². The molecule has 0 aliphatic carbocycles. The summed E-state index contributed by atoms with van der Waals surface area (Å²) in [6.45, 7) is 10.8. The monoisotopic (exact) mass is 448 g/mol. The van der Waals surface area contributed by atoms with Crippen molar-refractivity contribution in [3.05, 3.63) is 95.0 Å². The first kappa shape index (κ1) is 26.4. The first-order valence-electron chi connectivity index (χ1n) is 12.3. The number of carbonyl (C=O) groups excluding carboxylic acids is 1. The van der Waals surface area contributed by atoms with E-state index in [0.29, 0.717) is 24.0 Å². The van der Waals surface area contributed by atoms with Crippen molar-refractivity contribution >= 4 is 5.78 Å². The largest absolute Gasteiger partial charge is 0.489 e. The number of ether oxygens (including phenoxy) is 2. The summed E-state index contributed by atoms with van der Waals surface area (Å²) in [5.74, 6) is 0.987. The molecular weight excluding hydrogens is 408 g/mol. The van der Waals surface area contributed by atoms with Crippen molar-refractivity contribution in [3.8, 4) is 0 Å². The minimum Gasteiger partial charge on any atom is -0.489 e. The number of ketones is 1. The van der Waals surface area contributed by atoms with E-state index in [4.69, 9.17) is 9.47 Å². The number of rotatable bonds is 14. The molecule has 0 amide bonds. The molecule has 1 unspecified atom stereocenters. The molecule has 0 fully saturated rings. The third-order valence-electron chi connectivity index (χ3n) is 5.73. The quantitative estimate of drug-likeness (QED) is 0.222. The molecule has 2 aromatic rings. The molecule has 3 nitrogen and oxygen atoms in total. The number of hydrogen-bond acceptors (Lipinski definition) is 3. The number of hydrogen-bond donors (Lipinski definition) is 0. The van der Waals surface area contributed by atoms with Gasteiger partial charge in [-0.05, 0) is 61.3 Å². The van der Waals surface area contributed by atoms with Gasteiger partial charge in [0.1, 0.15) is 6.10 Å². The highest BCUT2D eigenvalue weighted by Gasteiger charge is 2.23. The maximum Gasteiger partial charge on any atom is 0.261 e. The van der Waals surface area contributed by atoms with Gasteiger partial charge < -0.3 is 9.47 Å². The van der Waals surface area contributed by atoms with E-state index >= 15 is 0 Å². The topological polar surface area (TPSA) is 35.5 Å². The second-order valence-electron chi connectivity index (χ2n) is 8.71. The summed E-state index contributed by atoms with van der Waals surface area (Å²) in [6.07, 6.45) is 5.82. The van der Waals surface area contributed by atoms with E-state index in [1.807, 2.05) is 51.1 Å². The van der Waals surface area contributed by atoms with Crippen LogP contribution in [0.1, 0.15) is 65.0 Å². The fourth-order valence-electron chi connectivity index (χ4n) is 3.66. The summed E-state index contributed by atoms with van der Waals surface area (Å²) >= 11 is 0. The molecule has 0 heterocycles. The van der Waals surface area contributed by atoms with Gasteiger partial charge in [-0.15, -0.1) is 0 Å². The zero-order chi connectivity index (χ0) is 24.1. The lowest BCUT2D eigenvalue weighted by Gasteiger charge is -2.22. The Morgan fingerprint density at radius 2 is 1.48 bits per heavy atom. The summed E-state index contributed by atoms with van der Waals surface area (Å²) in [5, 5.41) is 0. The lowest BCUT2D eigenvalue weighted by molar-refractivity contribution is -0.120. The summed E-state index contributed by atoms with van der Waals surface area (Å²) in [5.41, 5.74) is 3.44. The van der Waals surface area contributed by atoms with E-state index in [2.05, 4.69) is 50.2 Å². The molecule has 2 atom stereocenters. The standard InChI is InChI=1S/C30H40O3/c1-6-15-28(33-27(8-3)21-26-18-13-10-14-19-26)29(31)30(24(5)7-2)32-22-23(4)20-25-16-11-9-12-17-25/h9-19,23,27H,6-8,20-22H2,1-5H3/b28-15+,30-24?/t23?,27-/m0/s1. The maximum absolute atomic E-state index is 13.5. The van der Waals surface area contributed by atoms with Crippen molar-refractivity contribution in [2.24, 2.45) is 5.92 Å². The maximum atomic E-state index is 13.5. The highest BCUT2D eigenvalue weighted by Crippen LogP contribution is 2.22. The summed E-state index contributed by atoms with van der Waals surface area (Å²) < 4.78 is 12.4. The van der Waals surface area contributed by atoms with Crippen molar-refractivity contribution < 1.29 is 14.3 Å². The van der Waals surface area contributed by atoms with Gasteiger partial charge in [0, 0.05) is 6.42 Å². The molecule has 0 bridgehead atoms. The van der Waals surface area contributed by atoms with Crippen LogP contribution >= 0.6 is 0 Å². The van der Waals surface area contributed by atoms with E-state index in [1.54, 1.807) is 0 Å². The molecule has 0 aliphatic rings. The lowest BCUT2D eigenvalue weighted by atomic mass is 10.0. The number of Topliss-reactive ketones (excluding diaryl/α,β-unsaturated/α-hetero) is 1.